The highest BCUT2D eigenvalue weighted by Crippen LogP contribution is 2.25. The fraction of sp³-hybridized carbons (Fsp3) is 1.00. The van der Waals surface area contributed by atoms with Gasteiger partial charge in [-0.2, -0.15) is 0 Å². The van der Waals surface area contributed by atoms with Crippen molar-refractivity contribution in [2.75, 3.05) is 40.3 Å². The van der Waals surface area contributed by atoms with E-state index in [1.165, 1.54) is 58.2 Å². The van der Waals surface area contributed by atoms with Crippen LogP contribution in [-0.2, 0) is 0 Å². The van der Waals surface area contributed by atoms with Crippen molar-refractivity contribution in [2.45, 2.75) is 69.5 Å². The third-order valence-electron chi connectivity index (χ3n) is 5.14. The lowest BCUT2D eigenvalue weighted by Crippen LogP contribution is -2.47. The third-order valence-corrected chi connectivity index (χ3v) is 5.14. The van der Waals surface area contributed by atoms with Crippen molar-refractivity contribution in [3.63, 3.8) is 0 Å². The maximum absolute atomic E-state index is 9.63. The van der Waals surface area contributed by atoms with E-state index in [4.69, 9.17) is 0 Å². The van der Waals surface area contributed by atoms with Crippen molar-refractivity contribution in [3.05, 3.63) is 0 Å². The summed E-state index contributed by atoms with van der Waals surface area (Å²) in [6.07, 6.45) is 8.80. The Kier molecular flexibility index (Phi) is 6.48. The number of likely N-dealkylation sites (tertiary alicyclic amines) is 1. The standard InChI is InChI=1S/C17H35N3O/c1-17(14-21,18-15-8-9-15)10-4-5-11-20-12-6-7-16(13-20)19(2)3/h15-16,18,21H,4-14H2,1-3H3. The van der Waals surface area contributed by atoms with Crippen molar-refractivity contribution in [1.29, 1.82) is 0 Å². The van der Waals surface area contributed by atoms with E-state index in [-0.39, 0.29) is 12.1 Å². The van der Waals surface area contributed by atoms with E-state index in [9.17, 15) is 5.11 Å². The number of nitrogens with zero attached hydrogens (tertiary/aromatic N) is 2. The summed E-state index contributed by atoms with van der Waals surface area (Å²) in [5, 5.41) is 13.2. The Bertz CT molecular complexity index is 306. The number of nitrogens with one attached hydrogen (secondary N) is 1. The molecule has 1 aliphatic heterocycles. The average Bonchev–Trinajstić information content (AvgIpc) is 3.28. The normalized spacial score (nSPS) is 27.0. The highest BCUT2D eigenvalue weighted by Gasteiger charge is 2.31. The molecule has 0 aromatic heterocycles. The van der Waals surface area contributed by atoms with Crippen molar-refractivity contribution in [3.8, 4) is 0 Å². The second-order valence-electron chi connectivity index (χ2n) is 7.65. The molecule has 124 valence electrons. The van der Waals surface area contributed by atoms with Gasteiger partial charge in [0.15, 0.2) is 0 Å². The zero-order valence-electron chi connectivity index (χ0n) is 14.3. The molecule has 4 heteroatoms. The summed E-state index contributed by atoms with van der Waals surface area (Å²) in [5.41, 5.74) is -0.0603. The lowest BCUT2D eigenvalue weighted by Gasteiger charge is -2.36. The van der Waals surface area contributed by atoms with Crippen LogP contribution in [0.15, 0.2) is 0 Å². The molecular weight excluding hydrogens is 262 g/mol. The number of aliphatic hydroxyl groups excluding tert-OH is 1. The van der Waals surface area contributed by atoms with Crippen LogP contribution in [0.5, 0.6) is 0 Å². The van der Waals surface area contributed by atoms with Gasteiger partial charge in [0.1, 0.15) is 0 Å². The Morgan fingerprint density at radius 3 is 2.62 bits per heavy atom. The smallest absolute Gasteiger partial charge is 0.0610 e. The van der Waals surface area contributed by atoms with Crippen LogP contribution in [0.1, 0.15) is 51.9 Å². The number of hydrogen-bond donors (Lipinski definition) is 2. The van der Waals surface area contributed by atoms with Gasteiger partial charge in [-0.1, -0.05) is 6.42 Å². The second-order valence-corrected chi connectivity index (χ2v) is 7.65. The molecule has 21 heavy (non-hydrogen) atoms. The van der Waals surface area contributed by atoms with Crippen LogP contribution < -0.4 is 5.32 Å². The van der Waals surface area contributed by atoms with Crippen molar-refractivity contribution in [2.24, 2.45) is 0 Å². The van der Waals surface area contributed by atoms with E-state index in [2.05, 4.69) is 36.1 Å². The van der Waals surface area contributed by atoms with Crippen LogP contribution in [0.3, 0.4) is 0 Å². The van der Waals surface area contributed by atoms with Crippen LogP contribution in [0, 0.1) is 0 Å². The minimum Gasteiger partial charge on any atom is -0.394 e. The second kappa shape index (κ2) is 7.91. The molecule has 2 aliphatic rings. The first-order valence-electron chi connectivity index (χ1n) is 8.80. The molecule has 1 aliphatic carbocycles. The van der Waals surface area contributed by atoms with Gasteiger partial charge in [-0.25, -0.2) is 0 Å². The lowest BCUT2D eigenvalue weighted by atomic mass is 9.95. The molecule has 2 unspecified atom stereocenters. The Hall–Kier alpha value is -0.160. The number of likely N-dealkylation sites (N-methyl/N-ethyl adjacent to an activating group) is 1. The van der Waals surface area contributed by atoms with Crippen LogP contribution in [0.2, 0.25) is 0 Å². The Labute approximate surface area is 130 Å². The number of piperidine rings is 1. The molecule has 0 aromatic carbocycles. The molecule has 2 fully saturated rings. The summed E-state index contributed by atoms with van der Waals surface area (Å²) in [7, 11) is 4.40. The van der Waals surface area contributed by atoms with Crippen LogP contribution in [0.4, 0.5) is 0 Å². The third kappa shape index (κ3) is 5.85. The summed E-state index contributed by atoms with van der Waals surface area (Å²) in [5.74, 6) is 0. The van der Waals surface area contributed by atoms with Gasteiger partial charge in [-0.3, -0.25) is 0 Å². The highest BCUT2D eigenvalue weighted by atomic mass is 16.3. The molecule has 0 radical (unpaired) electrons. The first-order chi connectivity index (χ1) is 10.0. The Balaban J connectivity index is 1.62. The Morgan fingerprint density at radius 2 is 2.00 bits per heavy atom. The lowest BCUT2D eigenvalue weighted by molar-refractivity contribution is 0.127. The van der Waals surface area contributed by atoms with Gasteiger partial charge >= 0.3 is 0 Å². The largest absolute Gasteiger partial charge is 0.394 e. The van der Waals surface area contributed by atoms with Gasteiger partial charge in [-0.05, 0) is 72.6 Å². The molecule has 1 saturated heterocycles. The quantitative estimate of drug-likeness (QED) is 0.635. The SMILES string of the molecule is CN(C)C1CCCN(CCCCC(C)(CO)NC2CC2)C1. The summed E-state index contributed by atoms with van der Waals surface area (Å²) in [6, 6.07) is 1.41. The first kappa shape index (κ1) is 17.2. The van der Waals surface area contributed by atoms with Gasteiger partial charge in [0, 0.05) is 24.2 Å². The maximum Gasteiger partial charge on any atom is 0.0610 e. The van der Waals surface area contributed by atoms with Crippen molar-refractivity contribution < 1.29 is 5.11 Å². The highest BCUT2D eigenvalue weighted by molar-refractivity contribution is 4.92. The van der Waals surface area contributed by atoms with Gasteiger partial charge < -0.3 is 20.2 Å². The van der Waals surface area contributed by atoms with E-state index in [0.717, 1.165) is 12.5 Å². The van der Waals surface area contributed by atoms with Gasteiger partial charge in [0.05, 0.1) is 6.61 Å². The maximum atomic E-state index is 9.63. The summed E-state index contributed by atoms with van der Waals surface area (Å²) in [4.78, 5) is 4.99. The summed E-state index contributed by atoms with van der Waals surface area (Å²) in [6.45, 7) is 6.14. The molecule has 1 saturated carbocycles. The fourth-order valence-electron chi connectivity index (χ4n) is 3.42. The van der Waals surface area contributed by atoms with Crippen molar-refractivity contribution >= 4 is 0 Å². The number of unbranched alkanes of at least 4 members (excludes halogenated alkanes) is 1. The molecule has 0 amide bonds. The van der Waals surface area contributed by atoms with Crippen LogP contribution in [-0.4, -0.2) is 72.9 Å². The van der Waals surface area contributed by atoms with Crippen LogP contribution >= 0.6 is 0 Å². The first-order valence-corrected chi connectivity index (χ1v) is 8.80. The molecule has 2 atom stereocenters. The minimum atomic E-state index is -0.0603. The number of rotatable bonds is 9. The minimum absolute atomic E-state index is 0.0603. The molecular formula is C17H35N3O. The molecule has 4 nitrogen and oxygen atoms in total. The van der Waals surface area contributed by atoms with Gasteiger partial charge in [-0.15, -0.1) is 0 Å². The molecule has 2 rings (SSSR count). The topological polar surface area (TPSA) is 38.7 Å². The monoisotopic (exact) mass is 297 g/mol. The summed E-state index contributed by atoms with van der Waals surface area (Å²) < 4.78 is 0. The predicted molar refractivity (Wildman–Crippen MR) is 88.6 cm³/mol. The molecule has 0 aromatic rings. The Morgan fingerprint density at radius 1 is 1.24 bits per heavy atom. The fourth-order valence-corrected chi connectivity index (χ4v) is 3.42. The number of aliphatic hydroxyl groups is 1. The average molecular weight is 297 g/mol. The predicted octanol–water partition coefficient (Wildman–Crippen LogP) is 1.69. The van der Waals surface area contributed by atoms with E-state index in [1.807, 2.05) is 0 Å². The number of hydrogen-bond acceptors (Lipinski definition) is 4. The molecule has 2 N–H and O–H groups in total. The summed E-state index contributed by atoms with van der Waals surface area (Å²) >= 11 is 0. The molecule has 1 heterocycles. The molecule has 0 spiro atoms. The van der Waals surface area contributed by atoms with Crippen molar-refractivity contribution in [1.82, 2.24) is 15.1 Å². The van der Waals surface area contributed by atoms with E-state index in [0.29, 0.717) is 6.04 Å². The zero-order valence-corrected chi connectivity index (χ0v) is 14.3. The van der Waals surface area contributed by atoms with E-state index >= 15 is 0 Å². The molecule has 0 bridgehead atoms. The van der Waals surface area contributed by atoms with E-state index in [1.54, 1.807) is 0 Å². The van der Waals surface area contributed by atoms with E-state index < -0.39 is 0 Å². The van der Waals surface area contributed by atoms with Gasteiger partial charge in [0.2, 0.25) is 0 Å². The zero-order chi connectivity index (χ0) is 15.3. The van der Waals surface area contributed by atoms with Gasteiger partial charge in [0.25, 0.3) is 0 Å². The van der Waals surface area contributed by atoms with Crippen LogP contribution in [0.25, 0.3) is 0 Å².